The first-order valence-corrected chi connectivity index (χ1v) is 12.7. The van der Waals surface area contributed by atoms with E-state index in [-0.39, 0.29) is 17.7 Å². The number of carboxylic acids is 1. The van der Waals surface area contributed by atoms with Gasteiger partial charge < -0.3 is 9.84 Å². The fraction of sp³-hybridized carbons (Fsp3) is 0.161. The molecule has 11 heteroatoms. The Kier molecular flexibility index (Phi) is 7.68. The summed E-state index contributed by atoms with van der Waals surface area (Å²) in [5.74, 6) is -4.80. The predicted octanol–water partition coefficient (Wildman–Crippen LogP) is 7.95. The number of hydrogen-bond acceptors (Lipinski definition) is 3. The molecular formula is C31H22F6N2O3. The third kappa shape index (κ3) is 5.81. The second-order valence-corrected chi connectivity index (χ2v) is 9.67. The summed E-state index contributed by atoms with van der Waals surface area (Å²) in [6.07, 6.45) is -4.74. The summed E-state index contributed by atoms with van der Waals surface area (Å²) >= 11 is 0. The van der Waals surface area contributed by atoms with Crippen molar-refractivity contribution < 1.29 is 41.0 Å². The third-order valence-electron chi connectivity index (χ3n) is 6.85. The van der Waals surface area contributed by atoms with Crippen LogP contribution in [-0.4, -0.2) is 20.9 Å². The Hall–Kier alpha value is -4.80. The van der Waals surface area contributed by atoms with E-state index in [0.717, 1.165) is 16.3 Å². The van der Waals surface area contributed by atoms with Crippen molar-refractivity contribution in [1.82, 2.24) is 9.78 Å². The first-order chi connectivity index (χ1) is 19.9. The van der Waals surface area contributed by atoms with Gasteiger partial charge >= 0.3 is 12.1 Å². The molecule has 1 aromatic heterocycles. The molecule has 1 N–H and O–H groups in total. The van der Waals surface area contributed by atoms with Gasteiger partial charge in [-0.25, -0.2) is 13.2 Å². The summed E-state index contributed by atoms with van der Waals surface area (Å²) < 4.78 is 91.0. The lowest BCUT2D eigenvalue weighted by molar-refractivity contribution is -0.138. The number of ether oxygens (including phenoxy) is 1. The third-order valence-corrected chi connectivity index (χ3v) is 6.85. The van der Waals surface area contributed by atoms with Crippen LogP contribution < -0.4 is 4.74 Å². The van der Waals surface area contributed by atoms with Gasteiger partial charge in [0, 0.05) is 28.6 Å². The van der Waals surface area contributed by atoms with Crippen molar-refractivity contribution in [3.05, 3.63) is 119 Å². The van der Waals surface area contributed by atoms with Gasteiger partial charge in [-0.15, -0.1) is 0 Å². The molecule has 1 unspecified atom stereocenters. The molecule has 0 fully saturated rings. The minimum absolute atomic E-state index is 0.0908. The fourth-order valence-corrected chi connectivity index (χ4v) is 4.62. The van der Waals surface area contributed by atoms with Crippen LogP contribution in [0.5, 0.6) is 5.75 Å². The van der Waals surface area contributed by atoms with Gasteiger partial charge in [0.05, 0.1) is 23.7 Å². The normalized spacial score (nSPS) is 12.5. The standard InChI is InChI=1S/C31H22F6N2O3/c1-17(30(40)41)19-10-8-18(9-11-19)16-42-22-5-2-4-20(12-22)29-23-6-3-7-25(31(35,36)37)28(23)38-39(29)15-24-26(33)13-21(32)14-27(24)34/h2-14,17H,15-16H2,1H3,(H,40,41). The molecule has 5 aromatic rings. The second-order valence-electron chi connectivity index (χ2n) is 9.67. The number of carbonyl (C=O) groups is 1. The Morgan fingerprint density at radius 3 is 2.26 bits per heavy atom. The van der Waals surface area contributed by atoms with Crippen molar-refractivity contribution >= 4 is 16.9 Å². The first kappa shape index (κ1) is 28.7. The SMILES string of the molecule is CC(C(=O)O)c1ccc(COc2cccc(-c3c4cccc(C(F)(F)F)c4nn3Cc3c(F)cc(F)cc3F)c2)cc1. The largest absolute Gasteiger partial charge is 0.489 e. The molecule has 0 saturated carbocycles. The number of halogens is 6. The summed E-state index contributed by atoms with van der Waals surface area (Å²) in [7, 11) is 0. The fourth-order valence-electron chi connectivity index (χ4n) is 4.62. The number of fused-ring (bicyclic) bond motifs is 1. The summed E-state index contributed by atoms with van der Waals surface area (Å²) in [5.41, 5.74) is -0.111. The molecule has 0 aliphatic heterocycles. The molecule has 5 nitrogen and oxygen atoms in total. The van der Waals surface area contributed by atoms with Gasteiger partial charge in [-0.3, -0.25) is 9.48 Å². The number of alkyl halides is 3. The molecular weight excluding hydrogens is 562 g/mol. The van der Waals surface area contributed by atoms with E-state index in [9.17, 15) is 36.2 Å². The first-order valence-electron chi connectivity index (χ1n) is 12.7. The lowest BCUT2D eigenvalue weighted by Gasteiger charge is -2.12. The van der Waals surface area contributed by atoms with Crippen LogP contribution in [0.2, 0.25) is 0 Å². The van der Waals surface area contributed by atoms with Crippen LogP contribution in [0.15, 0.2) is 78.9 Å². The van der Waals surface area contributed by atoms with Crippen molar-refractivity contribution in [2.75, 3.05) is 0 Å². The maximum Gasteiger partial charge on any atom is 0.418 e. The van der Waals surface area contributed by atoms with Crippen molar-refractivity contribution in [3.8, 4) is 17.0 Å². The Labute approximate surface area is 235 Å². The molecule has 0 saturated heterocycles. The summed E-state index contributed by atoms with van der Waals surface area (Å²) in [6, 6.07) is 17.7. The Morgan fingerprint density at radius 1 is 0.952 bits per heavy atom. The smallest absolute Gasteiger partial charge is 0.418 e. The van der Waals surface area contributed by atoms with E-state index in [4.69, 9.17) is 4.74 Å². The average Bonchev–Trinajstić information content (AvgIpc) is 3.31. The highest BCUT2D eigenvalue weighted by atomic mass is 19.4. The van der Waals surface area contributed by atoms with Gasteiger partial charge in [0.1, 0.15) is 35.3 Å². The quantitative estimate of drug-likeness (QED) is 0.188. The van der Waals surface area contributed by atoms with Crippen LogP contribution in [-0.2, 0) is 24.1 Å². The average molecular weight is 585 g/mol. The van der Waals surface area contributed by atoms with Gasteiger partial charge in [0.25, 0.3) is 0 Å². The molecule has 1 atom stereocenters. The maximum absolute atomic E-state index is 14.5. The highest BCUT2D eigenvalue weighted by Gasteiger charge is 2.34. The number of nitrogens with zero attached hydrogens (tertiary/aromatic N) is 2. The highest BCUT2D eigenvalue weighted by Crippen LogP contribution is 2.39. The Balaban J connectivity index is 1.53. The minimum Gasteiger partial charge on any atom is -0.489 e. The lowest BCUT2D eigenvalue weighted by atomic mass is 10.0. The number of benzene rings is 4. The van der Waals surface area contributed by atoms with Crippen molar-refractivity contribution in [1.29, 1.82) is 0 Å². The maximum atomic E-state index is 14.5. The number of aliphatic carboxylic acids is 1. The Morgan fingerprint density at radius 2 is 1.62 bits per heavy atom. The lowest BCUT2D eigenvalue weighted by Crippen LogP contribution is -2.09. The van der Waals surface area contributed by atoms with E-state index in [1.54, 1.807) is 55.5 Å². The molecule has 0 radical (unpaired) electrons. The molecule has 0 spiro atoms. The van der Waals surface area contributed by atoms with E-state index < -0.39 is 58.7 Å². The van der Waals surface area contributed by atoms with Crippen LogP contribution in [0.25, 0.3) is 22.2 Å². The molecule has 1 heterocycles. The topological polar surface area (TPSA) is 64.3 Å². The summed E-state index contributed by atoms with van der Waals surface area (Å²) in [4.78, 5) is 11.2. The molecule has 4 aromatic carbocycles. The van der Waals surface area contributed by atoms with Crippen LogP contribution in [0.4, 0.5) is 26.3 Å². The van der Waals surface area contributed by atoms with Gasteiger partial charge in [-0.1, -0.05) is 48.5 Å². The Bertz CT molecular complexity index is 1760. The monoisotopic (exact) mass is 584 g/mol. The van der Waals surface area contributed by atoms with Gasteiger partial charge in [-0.2, -0.15) is 18.3 Å². The number of hydrogen-bond donors (Lipinski definition) is 1. The predicted molar refractivity (Wildman–Crippen MR) is 142 cm³/mol. The highest BCUT2D eigenvalue weighted by molar-refractivity contribution is 5.95. The number of rotatable bonds is 8. The molecule has 216 valence electrons. The van der Waals surface area contributed by atoms with Gasteiger partial charge in [-0.05, 0) is 36.2 Å². The van der Waals surface area contributed by atoms with E-state index in [0.29, 0.717) is 29.0 Å². The summed E-state index contributed by atoms with van der Waals surface area (Å²) in [6.45, 7) is 1.07. The zero-order valence-corrected chi connectivity index (χ0v) is 21.9. The van der Waals surface area contributed by atoms with Crippen LogP contribution in [0.1, 0.15) is 35.1 Å². The van der Waals surface area contributed by atoms with E-state index in [1.165, 1.54) is 12.1 Å². The molecule has 5 rings (SSSR count). The van der Waals surface area contributed by atoms with Crippen LogP contribution in [0.3, 0.4) is 0 Å². The van der Waals surface area contributed by atoms with Crippen LogP contribution >= 0.6 is 0 Å². The number of aromatic nitrogens is 2. The van der Waals surface area contributed by atoms with E-state index in [1.807, 2.05) is 0 Å². The van der Waals surface area contributed by atoms with Crippen molar-refractivity contribution in [2.45, 2.75) is 32.2 Å². The second kappa shape index (κ2) is 11.2. The van der Waals surface area contributed by atoms with Gasteiger partial charge in [0.2, 0.25) is 0 Å². The van der Waals surface area contributed by atoms with Crippen molar-refractivity contribution in [3.63, 3.8) is 0 Å². The van der Waals surface area contributed by atoms with Gasteiger partial charge in [0.15, 0.2) is 0 Å². The van der Waals surface area contributed by atoms with E-state index >= 15 is 0 Å². The van der Waals surface area contributed by atoms with Crippen LogP contribution in [0, 0.1) is 17.5 Å². The molecule has 0 aliphatic carbocycles. The zero-order valence-electron chi connectivity index (χ0n) is 21.9. The molecule has 0 aliphatic rings. The van der Waals surface area contributed by atoms with E-state index in [2.05, 4.69) is 5.10 Å². The van der Waals surface area contributed by atoms with Crippen molar-refractivity contribution in [2.24, 2.45) is 0 Å². The zero-order chi connectivity index (χ0) is 30.2. The minimum atomic E-state index is -4.74. The molecule has 0 amide bonds. The molecule has 42 heavy (non-hydrogen) atoms. The molecule has 0 bridgehead atoms. The number of carboxylic acid groups (broad SMARTS) is 1. The summed E-state index contributed by atoms with van der Waals surface area (Å²) in [5, 5.41) is 13.4.